The van der Waals surface area contributed by atoms with Crippen molar-refractivity contribution < 1.29 is 0 Å². The van der Waals surface area contributed by atoms with E-state index in [0.29, 0.717) is 11.3 Å². The molecule has 0 amide bonds. The Bertz CT molecular complexity index is 260. The molecule has 0 radical (unpaired) electrons. The zero-order valence-electron chi connectivity index (χ0n) is 11.1. The fourth-order valence-corrected chi connectivity index (χ4v) is 1.78. The van der Waals surface area contributed by atoms with Gasteiger partial charge in [-0.1, -0.05) is 32.6 Å². The molecular formula is C14H25N. The Morgan fingerprint density at radius 2 is 1.60 bits per heavy atom. The van der Waals surface area contributed by atoms with Gasteiger partial charge in [0.05, 0.1) is 0 Å². The first-order valence-corrected chi connectivity index (χ1v) is 5.91. The minimum Gasteiger partial charge on any atom is -0.300 e. The van der Waals surface area contributed by atoms with E-state index < -0.39 is 0 Å². The predicted octanol–water partition coefficient (Wildman–Crippen LogP) is 3.01. The molecule has 0 unspecified atom stereocenters. The molecule has 0 aromatic heterocycles. The van der Waals surface area contributed by atoms with E-state index in [-0.39, 0.29) is 5.41 Å². The summed E-state index contributed by atoms with van der Waals surface area (Å²) in [5, 5.41) is 0. The molecule has 1 heterocycles. The molecule has 1 aliphatic heterocycles. The van der Waals surface area contributed by atoms with Crippen LogP contribution < -0.4 is 0 Å². The number of rotatable bonds is 1. The lowest BCUT2D eigenvalue weighted by atomic mass is 9.90. The van der Waals surface area contributed by atoms with Crippen LogP contribution in [0.25, 0.3) is 0 Å². The Balaban J connectivity index is 2.29. The lowest BCUT2D eigenvalue weighted by Gasteiger charge is -2.40. The van der Waals surface area contributed by atoms with E-state index in [1.54, 1.807) is 0 Å². The normalized spacial score (nSPS) is 19.3. The number of hydrogen-bond acceptors (Lipinski definition) is 1. The molecule has 15 heavy (non-hydrogen) atoms. The van der Waals surface area contributed by atoms with Crippen LogP contribution in [0.3, 0.4) is 0 Å². The molecule has 1 nitrogen and oxygen atoms in total. The summed E-state index contributed by atoms with van der Waals surface area (Å²) in [6.07, 6.45) is 0. The number of nitrogens with zero attached hydrogens (tertiary/aromatic N) is 1. The summed E-state index contributed by atoms with van der Waals surface area (Å²) in [5.74, 6) is 7.33. The topological polar surface area (TPSA) is 3.24 Å². The molecule has 1 rings (SSSR count). The van der Waals surface area contributed by atoms with Gasteiger partial charge in [0.2, 0.25) is 0 Å². The average molecular weight is 207 g/mol. The third kappa shape index (κ3) is 5.23. The van der Waals surface area contributed by atoms with Crippen LogP contribution in [0.5, 0.6) is 0 Å². The van der Waals surface area contributed by atoms with Gasteiger partial charge in [0.1, 0.15) is 0 Å². The van der Waals surface area contributed by atoms with E-state index in [1.807, 2.05) is 0 Å². The molecule has 0 N–H and O–H groups in total. The highest BCUT2D eigenvalue weighted by molar-refractivity contribution is 5.13. The second-order valence-electron chi connectivity index (χ2n) is 6.97. The zero-order chi connectivity index (χ0) is 11.7. The van der Waals surface area contributed by atoms with Crippen molar-refractivity contribution in [2.75, 3.05) is 19.6 Å². The molecule has 0 saturated carbocycles. The zero-order valence-corrected chi connectivity index (χ0v) is 11.1. The van der Waals surface area contributed by atoms with Crippen molar-refractivity contribution in [1.29, 1.82) is 0 Å². The van der Waals surface area contributed by atoms with Gasteiger partial charge in [-0.25, -0.2) is 0 Å². The summed E-state index contributed by atoms with van der Waals surface area (Å²) in [7, 11) is 0. The van der Waals surface area contributed by atoms with Gasteiger partial charge in [-0.15, -0.1) is 0 Å². The molecular weight excluding hydrogens is 182 g/mol. The summed E-state index contributed by atoms with van der Waals surface area (Å²) < 4.78 is 0. The third-order valence-corrected chi connectivity index (χ3v) is 2.31. The highest BCUT2D eigenvalue weighted by Crippen LogP contribution is 2.22. The first-order chi connectivity index (χ1) is 6.66. The molecule has 0 aliphatic carbocycles. The fourth-order valence-electron chi connectivity index (χ4n) is 1.78. The van der Waals surface area contributed by atoms with E-state index in [0.717, 1.165) is 0 Å². The van der Waals surface area contributed by atoms with E-state index in [2.05, 4.69) is 58.3 Å². The minimum atomic E-state index is 0.157. The molecule has 1 heteroatoms. The average Bonchev–Trinajstić information content (AvgIpc) is 1.89. The summed E-state index contributed by atoms with van der Waals surface area (Å²) >= 11 is 0. The van der Waals surface area contributed by atoms with Crippen molar-refractivity contribution >= 4 is 0 Å². The quantitative estimate of drug-likeness (QED) is 0.597. The molecule has 0 aromatic rings. The summed E-state index contributed by atoms with van der Waals surface area (Å²) in [4.78, 5) is 2.50. The highest BCUT2D eigenvalue weighted by atomic mass is 15.2. The minimum absolute atomic E-state index is 0.157. The smallest absolute Gasteiger partial charge is 0.0457 e. The van der Waals surface area contributed by atoms with Gasteiger partial charge in [-0.05, 0) is 26.2 Å². The largest absolute Gasteiger partial charge is 0.300 e. The van der Waals surface area contributed by atoms with Crippen LogP contribution in [-0.4, -0.2) is 24.5 Å². The van der Waals surface area contributed by atoms with Gasteiger partial charge in [0.15, 0.2) is 0 Å². The standard InChI is InChI=1S/C14H25N/c1-13(2,3)8-7-12-9-15(10-12)11-14(4,5)6/h12H,9-11H2,1-6H3. The van der Waals surface area contributed by atoms with Crippen molar-refractivity contribution in [3.8, 4) is 11.8 Å². The van der Waals surface area contributed by atoms with Gasteiger partial charge in [0.25, 0.3) is 0 Å². The van der Waals surface area contributed by atoms with Crippen LogP contribution in [-0.2, 0) is 0 Å². The van der Waals surface area contributed by atoms with Crippen molar-refractivity contribution in [1.82, 2.24) is 4.90 Å². The number of hydrogen-bond donors (Lipinski definition) is 0. The first kappa shape index (κ1) is 12.6. The first-order valence-electron chi connectivity index (χ1n) is 5.91. The Labute approximate surface area is 95.2 Å². The molecule has 0 bridgehead atoms. The maximum absolute atomic E-state index is 3.38. The molecule has 86 valence electrons. The molecule has 0 atom stereocenters. The summed E-state index contributed by atoms with van der Waals surface area (Å²) in [5.41, 5.74) is 0.576. The van der Waals surface area contributed by atoms with Crippen LogP contribution in [0.15, 0.2) is 0 Å². The van der Waals surface area contributed by atoms with Gasteiger partial charge >= 0.3 is 0 Å². The lowest BCUT2D eigenvalue weighted by Crippen LogP contribution is -2.49. The van der Waals surface area contributed by atoms with Crippen LogP contribution in [0, 0.1) is 28.6 Å². The van der Waals surface area contributed by atoms with Crippen molar-refractivity contribution in [3.63, 3.8) is 0 Å². The Hall–Kier alpha value is -0.480. The van der Waals surface area contributed by atoms with E-state index in [9.17, 15) is 0 Å². The van der Waals surface area contributed by atoms with Crippen LogP contribution in [0.4, 0.5) is 0 Å². The van der Waals surface area contributed by atoms with E-state index in [4.69, 9.17) is 0 Å². The predicted molar refractivity (Wildman–Crippen MR) is 66.6 cm³/mol. The van der Waals surface area contributed by atoms with Gasteiger partial charge < -0.3 is 4.90 Å². The molecule has 0 spiro atoms. The summed E-state index contributed by atoms with van der Waals surface area (Å²) in [6.45, 7) is 16.9. The van der Waals surface area contributed by atoms with Crippen molar-refractivity contribution in [3.05, 3.63) is 0 Å². The molecule has 1 aliphatic rings. The second kappa shape index (κ2) is 4.18. The Kier molecular flexibility index (Phi) is 3.51. The van der Waals surface area contributed by atoms with E-state index in [1.165, 1.54) is 19.6 Å². The molecule has 1 fully saturated rings. The third-order valence-electron chi connectivity index (χ3n) is 2.31. The van der Waals surface area contributed by atoms with Crippen LogP contribution >= 0.6 is 0 Å². The maximum Gasteiger partial charge on any atom is 0.0457 e. The van der Waals surface area contributed by atoms with Gasteiger partial charge in [-0.2, -0.15) is 0 Å². The van der Waals surface area contributed by atoms with Crippen molar-refractivity contribution in [2.24, 2.45) is 16.7 Å². The van der Waals surface area contributed by atoms with Crippen molar-refractivity contribution in [2.45, 2.75) is 41.5 Å². The maximum atomic E-state index is 3.38. The van der Waals surface area contributed by atoms with Crippen LogP contribution in [0.1, 0.15) is 41.5 Å². The number of likely N-dealkylation sites (tertiary alicyclic amines) is 1. The van der Waals surface area contributed by atoms with Crippen LogP contribution in [0.2, 0.25) is 0 Å². The fraction of sp³-hybridized carbons (Fsp3) is 0.857. The monoisotopic (exact) mass is 207 g/mol. The Morgan fingerprint density at radius 1 is 1.07 bits per heavy atom. The Morgan fingerprint density at radius 3 is 2.00 bits per heavy atom. The lowest BCUT2D eigenvalue weighted by molar-refractivity contribution is 0.0915. The van der Waals surface area contributed by atoms with Gasteiger partial charge in [0, 0.05) is 31.0 Å². The SMILES string of the molecule is CC(C)(C)C#CC1CN(CC(C)(C)C)C1. The molecule has 1 saturated heterocycles. The second-order valence-corrected chi connectivity index (χ2v) is 6.97. The summed E-state index contributed by atoms with van der Waals surface area (Å²) in [6, 6.07) is 0. The van der Waals surface area contributed by atoms with Gasteiger partial charge in [-0.3, -0.25) is 0 Å². The molecule has 0 aromatic carbocycles. The highest BCUT2D eigenvalue weighted by Gasteiger charge is 2.28. The van der Waals surface area contributed by atoms with E-state index >= 15 is 0 Å².